The van der Waals surface area contributed by atoms with Gasteiger partial charge in [0.1, 0.15) is 11.5 Å². The second-order valence-electron chi connectivity index (χ2n) is 6.56. The normalized spacial score (nSPS) is 15.7. The Hall–Kier alpha value is -2.93. The van der Waals surface area contributed by atoms with Gasteiger partial charge in [0.25, 0.3) is 5.91 Å². The van der Waals surface area contributed by atoms with Crippen LogP contribution in [0.25, 0.3) is 5.69 Å². The van der Waals surface area contributed by atoms with Crippen molar-refractivity contribution >= 4 is 17.7 Å². The minimum absolute atomic E-state index is 0.186. The third kappa shape index (κ3) is 3.45. The lowest BCUT2D eigenvalue weighted by molar-refractivity contribution is 0.0927. The number of nitrogens with one attached hydrogen (secondary N) is 1. The first-order valence-electron chi connectivity index (χ1n) is 8.93. The van der Waals surface area contributed by atoms with E-state index in [1.54, 1.807) is 36.9 Å². The number of nitrogens with zero attached hydrogens (tertiary/aromatic N) is 2. The number of fused-ring (bicyclic) bond motifs is 1. The maximum Gasteiger partial charge on any atom is 0.276 e. The second-order valence-corrected chi connectivity index (χ2v) is 7.70. The molecule has 3 aromatic rings. The van der Waals surface area contributed by atoms with E-state index in [2.05, 4.69) is 10.4 Å². The number of thioether (sulfide) groups is 1. The Morgan fingerprint density at radius 1 is 1.21 bits per heavy atom. The summed E-state index contributed by atoms with van der Waals surface area (Å²) in [5, 5.41) is 7.09. The smallest absolute Gasteiger partial charge is 0.276 e. The largest absolute Gasteiger partial charge is 0.344 e. The number of hydrogen-bond acceptors (Lipinski definition) is 4. The summed E-state index contributed by atoms with van der Waals surface area (Å²) in [5.74, 6) is -0.156. The maximum atomic E-state index is 14.2. The summed E-state index contributed by atoms with van der Waals surface area (Å²) in [6.45, 7) is 1.65. The predicted molar refractivity (Wildman–Crippen MR) is 107 cm³/mol. The van der Waals surface area contributed by atoms with E-state index in [-0.39, 0.29) is 17.4 Å². The number of aromatic nitrogens is 2. The number of hydrogen-bond donors (Lipinski definition) is 1. The topological polar surface area (TPSA) is 64.0 Å². The van der Waals surface area contributed by atoms with Crippen molar-refractivity contribution in [1.29, 1.82) is 0 Å². The van der Waals surface area contributed by atoms with Gasteiger partial charge < -0.3 is 5.32 Å². The molecule has 7 heteroatoms. The first-order chi connectivity index (χ1) is 13.5. The van der Waals surface area contributed by atoms with E-state index in [0.717, 1.165) is 22.6 Å². The first kappa shape index (κ1) is 18.4. The van der Waals surface area contributed by atoms with Crippen LogP contribution in [0.15, 0.2) is 64.3 Å². The van der Waals surface area contributed by atoms with Crippen molar-refractivity contribution < 1.29 is 9.18 Å². The Balaban J connectivity index is 1.68. The quantitative estimate of drug-likeness (QED) is 0.735. The summed E-state index contributed by atoms with van der Waals surface area (Å²) in [5.41, 5.74) is 0.943. The van der Waals surface area contributed by atoms with Crippen LogP contribution >= 0.6 is 11.8 Å². The monoisotopic (exact) mass is 395 g/mol. The van der Waals surface area contributed by atoms with Gasteiger partial charge >= 0.3 is 0 Å². The summed E-state index contributed by atoms with van der Waals surface area (Å²) in [4.78, 5) is 26.4. The van der Waals surface area contributed by atoms with Crippen molar-refractivity contribution in [3.8, 4) is 5.69 Å². The van der Waals surface area contributed by atoms with Crippen molar-refractivity contribution in [3.05, 3.63) is 87.6 Å². The molecule has 0 unspecified atom stereocenters. The van der Waals surface area contributed by atoms with E-state index in [1.807, 2.05) is 24.3 Å². The molecule has 0 fully saturated rings. The number of rotatable bonds is 3. The number of amides is 1. The summed E-state index contributed by atoms with van der Waals surface area (Å²) >= 11 is 1.75. The van der Waals surface area contributed by atoms with E-state index >= 15 is 0 Å². The van der Waals surface area contributed by atoms with E-state index < -0.39 is 17.2 Å². The number of halogens is 1. The highest BCUT2D eigenvalue weighted by molar-refractivity contribution is 7.99. The number of carbonyl (C=O) groups excluding carboxylic acids is 1. The highest BCUT2D eigenvalue weighted by Gasteiger charge is 2.24. The van der Waals surface area contributed by atoms with E-state index in [1.165, 1.54) is 16.8 Å². The number of carbonyl (C=O) groups is 1. The van der Waals surface area contributed by atoms with Crippen LogP contribution < -0.4 is 10.7 Å². The van der Waals surface area contributed by atoms with Gasteiger partial charge in [0.05, 0.1) is 6.04 Å². The Labute approximate surface area is 165 Å². The molecular formula is C21H18FN3O2S. The molecule has 28 heavy (non-hydrogen) atoms. The highest BCUT2D eigenvalue weighted by Crippen LogP contribution is 2.35. The molecule has 0 radical (unpaired) electrons. The Kier molecular flexibility index (Phi) is 5.00. The molecular weight excluding hydrogens is 377 g/mol. The van der Waals surface area contributed by atoms with Gasteiger partial charge in [-0.15, -0.1) is 11.8 Å². The molecule has 2 heterocycles. The Morgan fingerprint density at radius 3 is 2.79 bits per heavy atom. The van der Waals surface area contributed by atoms with Gasteiger partial charge in [-0.3, -0.25) is 9.59 Å². The van der Waals surface area contributed by atoms with Gasteiger partial charge in [0.15, 0.2) is 5.69 Å². The summed E-state index contributed by atoms with van der Waals surface area (Å²) in [6.07, 6.45) is 0.765. The lowest BCUT2D eigenvalue weighted by Gasteiger charge is -2.25. The van der Waals surface area contributed by atoms with Crippen molar-refractivity contribution in [2.75, 3.05) is 5.75 Å². The lowest BCUT2D eigenvalue weighted by atomic mass is 10.0. The predicted octanol–water partition coefficient (Wildman–Crippen LogP) is 3.65. The molecule has 0 aliphatic carbocycles. The molecule has 1 N–H and O–H groups in total. The first-order valence-corrected chi connectivity index (χ1v) is 9.91. The summed E-state index contributed by atoms with van der Waals surface area (Å²) in [7, 11) is 0. The molecule has 0 bridgehead atoms. The van der Waals surface area contributed by atoms with E-state index in [4.69, 9.17) is 0 Å². The van der Waals surface area contributed by atoms with Crippen LogP contribution in [-0.4, -0.2) is 21.4 Å². The van der Waals surface area contributed by atoms with Crippen molar-refractivity contribution in [2.24, 2.45) is 0 Å². The van der Waals surface area contributed by atoms with Crippen molar-refractivity contribution in [1.82, 2.24) is 15.1 Å². The van der Waals surface area contributed by atoms with Crippen LogP contribution in [0.5, 0.6) is 0 Å². The fraction of sp³-hybridized carbons (Fsp3) is 0.190. The number of para-hydroxylation sites is 1. The molecule has 0 saturated heterocycles. The SMILES string of the molecule is Cc1cc(=O)c(C(=O)N[C@@H]2CCSc3ccccc32)nn1-c1ccccc1F. The van der Waals surface area contributed by atoms with E-state index in [9.17, 15) is 14.0 Å². The number of benzene rings is 2. The standard InChI is InChI=1S/C21H18FN3O2S/c1-13-12-18(26)20(24-25(13)17-8-4-3-7-15(17)22)21(27)23-16-10-11-28-19-9-5-2-6-14(16)19/h2-9,12,16H,10-11H2,1H3,(H,23,27)/t16-/m1/s1. The molecule has 1 aromatic heterocycles. The van der Waals surface area contributed by atoms with Crippen molar-refractivity contribution in [3.63, 3.8) is 0 Å². The average Bonchev–Trinajstić information content (AvgIpc) is 2.69. The Morgan fingerprint density at radius 2 is 1.96 bits per heavy atom. The molecule has 1 amide bonds. The molecule has 2 aromatic carbocycles. The minimum atomic E-state index is -0.554. The maximum absolute atomic E-state index is 14.2. The average molecular weight is 395 g/mol. The summed E-state index contributed by atoms with van der Waals surface area (Å²) < 4.78 is 15.5. The zero-order valence-corrected chi connectivity index (χ0v) is 16.0. The Bertz CT molecular complexity index is 1110. The third-order valence-corrected chi connectivity index (χ3v) is 5.79. The van der Waals surface area contributed by atoms with Crippen molar-refractivity contribution in [2.45, 2.75) is 24.3 Å². The molecule has 0 saturated carbocycles. The van der Waals surface area contributed by atoms with Crippen LogP contribution in [0.1, 0.15) is 34.2 Å². The minimum Gasteiger partial charge on any atom is -0.344 e. The molecule has 4 rings (SSSR count). The molecule has 1 aliphatic rings. The van der Waals surface area contributed by atoms with E-state index in [0.29, 0.717) is 5.69 Å². The second kappa shape index (κ2) is 7.59. The van der Waals surface area contributed by atoms with Crippen LogP contribution in [0.3, 0.4) is 0 Å². The fourth-order valence-electron chi connectivity index (χ4n) is 3.29. The zero-order chi connectivity index (χ0) is 19.7. The summed E-state index contributed by atoms with van der Waals surface area (Å²) in [6, 6.07) is 15.1. The van der Waals surface area contributed by atoms with Gasteiger partial charge in [0.2, 0.25) is 5.43 Å². The zero-order valence-electron chi connectivity index (χ0n) is 15.2. The number of aryl methyl sites for hydroxylation is 1. The van der Waals surface area contributed by atoms with Gasteiger partial charge in [0, 0.05) is 22.4 Å². The molecule has 5 nitrogen and oxygen atoms in total. The molecule has 1 aliphatic heterocycles. The van der Waals surface area contributed by atoms with Crippen LogP contribution in [0.2, 0.25) is 0 Å². The van der Waals surface area contributed by atoms with Gasteiger partial charge in [-0.05, 0) is 37.1 Å². The van der Waals surface area contributed by atoms with Gasteiger partial charge in [-0.2, -0.15) is 5.10 Å². The van der Waals surface area contributed by atoms with Crippen LogP contribution in [0, 0.1) is 12.7 Å². The van der Waals surface area contributed by atoms with Crippen LogP contribution in [0.4, 0.5) is 4.39 Å². The van der Waals surface area contributed by atoms with Gasteiger partial charge in [-0.25, -0.2) is 9.07 Å². The lowest BCUT2D eigenvalue weighted by Crippen LogP contribution is -2.35. The molecule has 1 atom stereocenters. The highest BCUT2D eigenvalue weighted by atomic mass is 32.2. The van der Waals surface area contributed by atoms with Crippen LogP contribution in [-0.2, 0) is 0 Å². The molecule has 142 valence electrons. The van der Waals surface area contributed by atoms with Gasteiger partial charge in [-0.1, -0.05) is 30.3 Å². The third-order valence-electron chi connectivity index (χ3n) is 4.67. The fourth-order valence-corrected chi connectivity index (χ4v) is 4.42. The molecule has 0 spiro atoms.